The molecule has 1 heterocycles. The lowest BCUT2D eigenvalue weighted by atomic mass is 10.0. The van der Waals surface area contributed by atoms with Gasteiger partial charge in [0.1, 0.15) is 6.33 Å². The number of amides is 1. The molecule has 1 amide bonds. The highest BCUT2D eigenvalue weighted by Gasteiger charge is 2.09. The van der Waals surface area contributed by atoms with Gasteiger partial charge in [-0.3, -0.25) is 4.79 Å². The maximum Gasteiger partial charge on any atom is 0.254 e. The zero-order chi connectivity index (χ0) is 11.8. The highest BCUT2D eigenvalue weighted by atomic mass is 79.9. The van der Waals surface area contributed by atoms with Crippen LogP contribution in [-0.4, -0.2) is 27.7 Å². The summed E-state index contributed by atoms with van der Waals surface area (Å²) in [4.78, 5) is 19.3. The van der Waals surface area contributed by atoms with Crippen molar-refractivity contribution in [3.05, 3.63) is 24.3 Å². The van der Waals surface area contributed by atoms with Gasteiger partial charge in [0.25, 0.3) is 5.91 Å². The summed E-state index contributed by atoms with van der Waals surface area (Å²) in [6.07, 6.45) is 6.59. The van der Waals surface area contributed by atoms with E-state index in [0.717, 1.165) is 18.2 Å². The summed E-state index contributed by atoms with van der Waals surface area (Å²) < 4.78 is 0. The Morgan fingerprint density at radius 1 is 1.50 bits per heavy atom. The Labute approximate surface area is 104 Å². The lowest BCUT2D eigenvalue weighted by molar-refractivity contribution is 0.0945. The van der Waals surface area contributed by atoms with Crippen LogP contribution in [0.15, 0.2) is 18.7 Å². The van der Waals surface area contributed by atoms with Crippen molar-refractivity contribution in [2.75, 3.05) is 11.9 Å². The van der Waals surface area contributed by atoms with Crippen molar-refractivity contribution in [3.63, 3.8) is 0 Å². The molecular formula is C11H16BrN3O. The molecule has 4 nitrogen and oxygen atoms in total. The van der Waals surface area contributed by atoms with Crippen molar-refractivity contribution in [2.45, 2.75) is 19.8 Å². The molecule has 1 unspecified atom stereocenters. The van der Waals surface area contributed by atoms with E-state index >= 15 is 0 Å². The summed E-state index contributed by atoms with van der Waals surface area (Å²) in [7, 11) is 0. The molecule has 0 saturated heterocycles. The van der Waals surface area contributed by atoms with Gasteiger partial charge in [0, 0.05) is 24.3 Å². The Morgan fingerprint density at radius 2 is 2.19 bits per heavy atom. The summed E-state index contributed by atoms with van der Waals surface area (Å²) in [6, 6.07) is 0. The third-order valence-corrected chi connectivity index (χ3v) is 2.93. The summed E-state index contributed by atoms with van der Waals surface area (Å²) in [6.45, 7) is 2.83. The number of nitrogens with one attached hydrogen (secondary N) is 1. The fourth-order valence-corrected chi connectivity index (χ4v) is 2.01. The van der Waals surface area contributed by atoms with Crippen LogP contribution in [0, 0.1) is 5.92 Å². The SMILES string of the molecule is CCC(CCBr)CNC(=O)c1cncnc1. The average molecular weight is 286 g/mol. The minimum Gasteiger partial charge on any atom is -0.352 e. The minimum atomic E-state index is -0.103. The van der Waals surface area contributed by atoms with Crippen molar-refractivity contribution >= 4 is 21.8 Å². The molecule has 0 radical (unpaired) electrons. The molecule has 0 spiro atoms. The van der Waals surface area contributed by atoms with Gasteiger partial charge in [0.05, 0.1) is 5.56 Å². The monoisotopic (exact) mass is 285 g/mol. The van der Waals surface area contributed by atoms with Crippen LogP contribution in [0.25, 0.3) is 0 Å². The predicted octanol–water partition coefficient (Wildman–Crippen LogP) is 2.02. The Morgan fingerprint density at radius 3 is 2.75 bits per heavy atom. The first-order chi connectivity index (χ1) is 7.77. The number of carbonyl (C=O) groups excluding carboxylic acids is 1. The van der Waals surface area contributed by atoms with Crippen LogP contribution in [0.4, 0.5) is 0 Å². The topological polar surface area (TPSA) is 54.9 Å². The first-order valence-electron chi connectivity index (χ1n) is 5.37. The third-order valence-electron chi connectivity index (χ3n) is 2.47. The van der Waals surface area contributed by atoms with Gasteiger partial charge >= 0.3 is 0 Å². The number of alkyl halides is 1. The smallest absolute Gasteiger partial charge is 0.254 e. The van der Waals surface area contributed by atoms with Crippen molar-refractivity contribution in [2.24, 2.45) is 5.92 Å². The first kappa shape index (κ1) is 13.1. The molecule has 0 aliphatic rings. The minimum absolute atomic E-state index is 0.103. The molecule has 0 aliphatic carbocycles. The molecule has 0 saturated carbocycles. The number of hydrogen-bond donors (Lipinski definition) is 1. The van der Waals surface area contributed by atoms with Gasteiger partial charge in [-0.15, -0.1) is 0 Å². The molecular weight excluding hydrogens is 270 g/mol. The second-order valence-corrected chi connectivity index (χ2v) is 4.38. The van der Waals surface area contributed by atoms with Gasteiger partial charge in [-0.05, 0) is 12.3 Å². The molecule has 1 aromatic heterocycles. The van der Waals surface area contributed by atoms with E-state index in [2.05, 4.69) is 38.1 Å². The molecule has 1 atom stereocenters. The molecule has 0 aliphatic heterocycles. The van der Waals surface area contributed by atoms with Gasteiger partial charge in [0.15, 0.2) is 0 Å². The second kappa shape index (κ2) is 7.33. The molecule has 0 bridgehead atoms. The molecule has 16 heavy (non-hydrogen) atoms. The van der Waals surface area contributed by atoms with Crippen molar-refractivity contribution in [1.29, 1.82) is 0 Å². The van der Waals surface area contributed by atoms with Crippen LogP contribution in [-0.2, 0) is 0 Å². The molecule has 1 rings (SSSR count). The number of carbonyl (C=O) groups is 1. The highest BCUT2D eigenvalue weighted by molar-refractivity contribution is 9.09. The molecule has 1 N–H and O–H groups in total. The molecule has 0 fully saturated rings. The van der Waals surface area contributed by atoms with Crippen LogP contribution < -0.4 is 5.32 Å². The van der Waals surface area contributed by atoms with Crippen molar-refractivity contribution in [3.8, 4) is 0 Å². The third kappa shape index (κ3) is 4.26. The zero-order valence-corrected chi connectivity index (χ0v) is 10.9. The number of rotatable bonds is 6. The van der Waals surface area contributed by atoms with E-state index in [0.29, 0.717) is 18.0 Å². The summed E-state index contributed by atoms with van der Waals surface area (Å²) >= 11 is 3.41. The Hall–Kier alpha value is -0.970. The maximum atomic E-state index is 11.7. The van der Waals surface area contributed by atoms with E-state index < -0.39 is 0 Å². The second-order valence-electron chi connectivity index (χ2n) is 3.59. The lowest BCUT2D eigenvalue weighted by Gasteiger charge is -2.13. The fourth-order valence-electron chi connectivity index (χ4n) is 1.36. The summed E-state index contributed by atoms with van der Waals surface area (Å²) in [5.74, 6) is 0.418. The zero-order valence-electron chi connectivity index (χ0n) is 9.32. The van der Waals surface area contributed by atoms with Crippen LogP contribution in [0.1, 0.15) is 30.1 Å². The normalized spacial score (nSPS) is 12.1. The van der Waals surface area contributed by atoms with Crippen LogP contribution in [0.3, 0.4) is 0 Å². The van der Waals surface area contributed by atoms with E-state index in [-0.39, 0.29) is 5.91 Å². The quantitative estimate of drug-likeness (QED) is 0.814. The van der Waals surface area contributed by atoms with Crippen LogP contribution >= 0.6 is 15.9 Å². The molecule has 5 heteroatoms. The van der Waals surface area contributed by atoms with E-state index in [1.807, 2.05) is 0 Å². The first-order valence-corrected chi connectivity index (χ1v) is 6.49. The highest BCUT2D eigenvalue weighted by Crippen LogP contribution is 2.08. The summed E-state index contributed by atoms with van der Waals surface area (Å²) in [5, 5.41) is 3.86. The number of halogens is 1. The van der Waals surface area contributed by atoms with E-state index in [1.165, 1.54) is 18.7 Å². The predicted molar refractivity (Wildman–Crippen MR) is 66.6 cm³/mol. The average Bonchev–Trinajstić information content (AvgIpc) is 2.35. The number of nitrogens with zero attached hydrogens (tertiary/aromatic N) is 2. The van der Waals surface area contributed by atoms with Crippen LogP contribution in [0.2, 0.25) is 0 Å². The Bertz CT molecular complexity index is 318. The van der Waals surface area contributed by atoms with Gasteiger partial charge < -0.3 is 5.32 Å². The van der Waals surface area contributed by atoms with Crippen molar-refractivity contribution in [1.82, 2.24) is 15.3 Å². The standard InChI is InChI=1S/C11H16BrN3O/c1-2-9(3-4-12)5-15-11(16)10-6-13-8-14-7-10/h6-9H,2-5H2,1H3,(H,15,16). The van der Waals surface area contributed by atoms with Crippen molar-refractivity contribution < 1.29 is 4.79 Å². The maximum absolute atomic E-state index is 11.7. The van der Waals surface area contributed by atoms with E-state index in [4.69, 9.17) is 0 Å². The van der Waals surface area contributed by atoms with Gasteiger partial charge in [0.2, 0.25) is 0 Å². The Kier molecular flexibility index (Phi) is 6.00. The van der Waals surface area contributed by atoms with E-state index in [1.54, 1.807) is 0 Å². The largest absolute Gasteiger partial charge is 0.352 e. The van der Waals surface area contributed by atoms with Gasteiger partial charge in [-0.2, -0.15) is 0 Å². The number of aromatic nitrogens is 2. The molecule has 0 aromatic carbocycles. The van der Waals surface area contributed by atoms with Crippen LogP contribution in [0.5, 0.6) is 0 Å². The molecule has 1 aromatic rings. The van der Waals surface area contributed by atoms with Gasteiger partial charge in [-0.1, -0.05) is 29.3 Å². The van der Waals surface area contributed by atoms with E-state index in [9.17, 15) is 4.79 Å². The number of hydrogen-bond acceptors (Lipinski definition) is 3. The lowest BCUT2D eigenvalue weighted by Crippen LogP contribution is -2.29. The van der Waals surface area contributed by atoms with Gasteiger partial charge in [-0.25, -0.2) is 9.97 Å². The Balaban J connectivity index is 2.40. The fraction of sp³-hybridized carbons (Fsp3) is 0.545. The molecule has 88 valence electrons. The summed E-state index contributed by atoms with van der Waals surface area (Å²) in [5.41, 5.74) is 0.510.